The number of methoxy groups -OCH3 is 1. The Kier molecular flexibility index (Phi) is 2.98. The van der Waals surface area contributed by atoms with Gasteiger partial charge in [-0.15, -0.1) is 0 Å². The Morgan fingerprint density at radius 2 is 2.12 bits per heavy atom. The van der Waals surface area contributed by atoms with Gasteiger partial charge in [0.25, 0.3) is 0 Å². The lowest BCUT2D eigenvalue weighted by Crippen LogP contribution is -2.33. The van der Waals surface area contributed by atoms with Crippen molar-refractivity contribution in [2.24, 2.45) is 0 Å². The largest absolute Gasteiger partial charge is 0.488 e. The Hall–Kier alpha value is -1.33. The standard InChI is InChI=1S/C11H13BO4/c1-16-11(13)8-4-5-10(12(14)15)9(6-8)7-2-3-7/h4-7,14-15H,2-3H2,1H3. The van der Waals surface area contributed by atoms with E-state index in [1.807, 2.05) is 0 Å². The van der Waals surface area contributed by atoms with Gasteiger partial charge in [-0.2, -0.15) is 0 Å². The first-order valence-corrected chi connectivity index (χ1v) is 5.21. The number of carbonyl (C=O) groups is 1. The number of ether oxygens (including phenoxy) is 1. The second-order valence-electron chi connectivity index (χ2n) is 3.98. The van der Waals surface area contributed by atoms with Gasteiger partial charge in [-0.1, -0.05) is 6.07 Å². The highest BCUT2D eigenvalue weighted by atomic mass is 16.5. The van der Waals surface area contributed by atoms with Crippen LogP contribution >= 0.6 is 0 Å². The Morgan fingerprint density at radius 3 is 2.62 bits per heavy atom. The van der Waals surface area contributed by atoms with E-state index < -0.39 is 13.1 Å². The molecule has 2 N–H and O–H groups in total. The van der Waals surface area contributed by atoms with Crippen molar-refractivity contribution in [1.29, 1.82) is 0 Å². The van der Waals surface area contributed by atoms with Gasteiger partial charge in [0, 0.05) is 0 Å². The van der Waals surface area contributed by atoms with Crippen LogP contribution in [0.15, 0.2) is 18.2 Å². The van der Waals surface area contributed by atoms with Crippen LogP contribution in [-0.4, -0.2) is 30.2 Å². The van der Waals surface area contributed by atoms with Crippen molar-refractivity contribution >= 4 is 18.6 Å². The summed E-state index contributed by atoms with van der Waals surface area (Å²) in [6.07, 6.45) is 2.06. The van der Waals surface area contributed by atoms with E-state index in [1.165, 1.54) is 7.11 Å². The van der Waals surface area contributed by atoms with E-state index in [1.54, 1.807) is 18.2 Å². The summed E-state index contributed by atoms with van der Waals surface area (Å²) in [6.45, 7) is 0. The Labute approximate surface area is 94.0 Å². The molecule has 1 aliphatic carbocycles. The third-order valence-corrected chi connectivity index (χ3v) is 2.80. The molecule has 0 radical (unpaired) electrons. The van der Waals surface area contributed by atoms with Crippen molar-refractivity contribution in [2.45, 2.75) is 18.8 Å². The maximum absolute atomic E-state index is 11.3. The van der Waals surface area contributed by atoms with Gasteiger partial charge in [0.1, 0.15) is 0 Å². The molecule has 2 rings (SSSR count). The molecule has 0 spiro atoms. The summed E-state index contributed by atoms with van der Waals surface area (Å²) in [7, 11) is -0.157. The molecule has 0 aromatic heterocycles. The molecule has 0 bridgehead atoms. The predicted molar refractivity (Wildman–Crippen MR) is 59.6 cm³/mol. The van der Waals surface area contributed by atoms with E-state index in [4.69, 9.17) is 0 Å². The Bertz CT molecular complexity index is 412. The lowest BCUT2D eigenvalue weighted by Gasteiger charge is -2.09. The third kappa shape index (κ3) is 2.10. The maximum Gasteiger partial charge on any atom is 0.488 e. The summed E-state index contributed by atoms with van der Waals surface area (Å²) in [5.74, 6) is -0.0534. The quantitative estimate of drug-likeness (QED) is 0.557. The normalized spacial score (nSPS) is 14.7. The number of rotatable bonds is 3. The van der Waals surface area contributed by atoms with Gasteiger partial charge >= 0.3 is 13.1 Å². The van der Waals surface area contributed by atoms with Crippen LogP contribution in [0.3, 0.4) is 0 Å². The topological polar surface area (TPSA) is 66.8 Å². The molecular formula is C11H13BO4. The van der Waals surface area contributed by atoms with Crippen molar-refractivity contribution < 1.29 is 19.6 Å². The zero-order valence-electron chi connectivity index (χ0n) is 9.01. The van der Waals surface area contributed by atoms with Crippen LogP contribution in [0, 0.1) is 0 Å². The van der Waals surface area contributed by atoms with Crippen LogP contribution in [0.5, 0.6) is 0 Å². The monoisotopic (exact) mass is 220 g/mol. The van der Waals surface area contributed by atoms with Gasteiger partial charge in [-0.25, -0.2) is 4.79 Å². The lowest BCUT2D eigenvalue weighted by molar-refractivity contribution is 0.0600. The van der Waals surface area contributed by atoms with E-state index in [-0.39, 0.29) is 0 Å². The molecule has 1 fully saturated rings. The molecule has 4 nitrogen and oxygen atoms in total. The van der Waals surface area contributed by atoms with Crippen LogP contribution in [-0.2, 0) is 4.74 Å². The highest BCUT2D eigenvalue weighted by Gasteiger charge is 2.30. The minimum absolute atomic E-state index is 0.349. The van der Waals surface area contributed by atoms with E-state index >= 15 is 0 Å². The van der Waals surface area contributed by atoms with Crippen LogP contribution in [0.4, 0.5) is 0 Å². The Balaban J connectivity index is 2.39. The smallest absolute Gasteiger partial charge is 0.465 e. The predicted octanol–water partition coefficient (Wildman–Crippen LogP) is 0.0304. The summed E-state index contributed by atoms with van der Waals surface area (Å²) < 4.78 is 4.63. The fraction of sp³-hybridized carbons (Fsp3) is 0.364. The van der Waals surface area contributed by atoms with Crippen molar-refractivity contribution in [3.05, 3.63) is 29.3 Å². The van der Waals surface area contributed by atoms with Gasteiger partial charge < -0.3 is 14.8 Å². The number of hydrogen-bond acceptors (Lipinski definition) is 4. The molecule has 0 amide bonds. The van der Waals surface area contributed by atoms with Crippen LogP contribution in [0.1, 0.15) is 34.7 Å². The van der Waals surface area contributed by atoms with Crippen LogP contribution < -0.4 is 5.46 Å². The van der Waals surface area contributed by atoms with Crippen LogP contribution in [0.2, 0.25) is 0 Å². The summed E-state index contributed by atoms with van der Waals surface area (Å²) in [6, 6.07) is 4.81. The average Bonchev–Trinajstić information content (AvgIpc) is 3.10. The lowest BCUT2D eigenvalue weighted by atomic mass is 9.75. The molecule has 16 heavy (non-hydrogen) atoms. The first kappa shape index (κ1) is 11.2. The van der Waals surface area contributed by atoms with Gasteiger partial charge in [-0.05, 0) is 41.9 Å². The van der Waals surface area contributed by atoms with Crippen molar-refractivity contribution in [1.82, 2.24) is 0 Å². The van der Waals surface area contributed by atoms with E-state index in [0.717, 1.165) is 18.4 Å². The summed E-state index contributed by atoms with van der Waals surface area (Å²) >= 11 is 0. The molecule has 1 saturated carbocycles. The molecule has 5 heteroatoms. The SMILES string of the molecule is COC(=O)c1ccc(B(O)O)c(C2CC2)c1. The molecule has 0 atom stereocenters. The van der Waals surface area contributed by atoms with Crippen molar-refractivity contribution in [2.75, 3.05) is 7.11 Å². The number of benzene rings is 1. The minimum atomic E-state index is -1.48. The van der Waals surface area contributed by atoms with Crippen molar-refractivity contribution in [3.8, 4) is 0 Å². The van der Waals surface area contributed by atoms with Gasteiger partial charge in [-0.3, -0.25) is 0 Å². The van der Waals surface area contributed by atoms with E-state index in [2.05, 4.69) is 4.74 Å². The summed E-state index contributed by atoms with van der Waals surface area (Å²) in [4.78, 5) is 11.3. The highest BCUT2D eigenvalue weighted by Crippen LogP contribution is 2.39. The molecule has 1 aliphatic rings. The third-order valence-electron chi connectivity index (χ3n) is 2.80. The fourth-order valence-electron chi connectivity index (χ4n) is 1.80. The van der Waals surface area contributed by atoms with Gasteiger partial charge in [0.2, 0.25) is 0 Å². The summed E-state index contributed by atoms with van der Waals surface area (Å²) in [5, 5.41) is 18.4. The molecular weight excluding hydrogens is 207 g/mol. The molecule has 0 saturated heterocycles. The van der Waals surface area contributed by atoms with Crippen molar-refractivity contribution in [3.63, 3.8) is 0 Å². The molecule has 0 unspecified atom stereocenters. The molecule has 0 heterocycles. The molecule has 0 aliphatic heterocycles. The molecule has 84 valence electrons. The second-order valence-corrected chi connectivity index (χ2v) is 3.98. The zero-order chi connectivity index (χ0) is 11.7. The minimum Gasteiger partial charge on any atom is -0.465 e. The maximum atomic E-state index is 11.3. The number of esters is 1. The summed E-state index contributed by atoms with van der Waals surface area (Å²) in [5.41, 5.74) is 1.78. The number of carbonyl (C=O) groups excluding carboxylic acids is 1. The molecule has 1 aromatic rings. The Morgan fingerprint density at radius 1 is 1.44 bits per heavy atom. The van der Waals surface area contributed by atoms with E-state index in [0.29, 0.717) is 16.9 Å². The second kappa shape index (κ2) is 4.27. The molecule has 1 aromatic carbocycles. The van der Waals surface area contributed by atoms with Gasteiger partial charge in [0.05, 0.1) is 12.7 Å². The number of hydrogen-bond donors (Lipinski definition) is 2. The van der Waals surface area contributed by atoms with E-state index in [9.17, 15) is 14.8 Å². The first-order chi connectivity index (χ1) is 7.63. The average molecular weight is 220 g/mol. The fourth-order valence-corrected chi connectivity index (χ4v) is 1.80. The van der Waals surface area contributed by atoms with Gasteiger partial charge in [0.15, 0.2) is 0 Å². The first-order valence-electron chi connectivity index (χ1n) is 5.21. The van der Waals surface area contributed by atoms with Crippen LogP contribution in [0.25, 0.3) is 0 Å². The highest BCUT2D eigenvalue weighted by molar-refractivity contribution is 6.59. The zero-order valence-corrected chi connectivity index (χ0v) is 9.01.